The number of nitrogens with zero attached hydrogens (tertiary/aromatic N) is 1. The fourth-order valence-electron chi connectivity index (χ4n) is 3.91. The Kier molecular flexibility index (Phi) is 4.70. The van der Waals surface area contributed by atoms with Gasteiger partial charge in [-0.1, -0.05) is 18.2 Å². The minimum Gasteiger partial charge on any atom is -0.491 e. The molecule has 0 amide bonds. The minimum absolute atomic E-state index is 0.297. The highest BCUT2D eigenvalue weighted by atomic mass is 16.5. The van der Waals surface area contributed by atoms with Gasteiger partial charge in [0, 0.05) is 30.6 Å². The molecule has 2 aromatic rings. The smallest absolute Gasteiger partial charge is 0.119 e. The van der Waals surface area contributed by atoms with Crippen LogP contribution < -0.4 is 10.1 Å². The first-order valence-electron chi connectivity index (χ1n) is 9.04. The number of ether oxygens (including phenoxy) is 2. The van der Waals surface area contributed by atoms with E-state index >= 15 is 0 Å². The molecule has 0 fully saturated rings. The minimum atomic E-state index is 0.297. The highest BCUT2D eigenvalue weighted by Crippen LogP contribution is 2.50. The number of hydrogen-bond donors (Lipinski definition) is 1. The van der Waals surface area contributed by atoms with E-state index in [0.717, 1.165) is 18.8 Å². The van der Waals surface area contributed by atoms with E-state index in [9.17, 15) is 0 Å². The standard InChI is InChI=1S/C21H24N2O2/c1-2-24-11-12-25-16-8-9-20-19(13-16)17-6-3-7-18(17)21(23-20)15-5-4-10-22-14-15/h3-6,8-10,13-14,17-18,21,23H,2,7,11-12H2,1H3. The van der Waals surface area contributed by atoms with Gasteiger partial charge in [-0.2, -0.15) is 0 Å². The van der Waals surface area contributed by atoms with Crippen LogP contribution in [-0.4, -0.2) is 24.8 Å². The monoisotopic (exact) mass is 336 g/mol. The average molecular weight is 336 g/mol. The van der Waals surface area contributed by atoms with Crippen molar-refractivity contribution in [2.75, 3.05) is 25.1 Å². The van der Waals surface area contributed by atoms with Crippen molar-refractivity contribution in [1.29, 1.82) is 0 Å². The Bertz CT molecular complexity index is 745. The average Bonchev–Trinajstić information content (AvgIpc) is 3.15. The van der Waals surface area contributed by atoms with Gasteiger partial charge in [0.25, 0.3) is 0 Å². The number of aromatic nitrogens is 1. The number of hydrogen-bond acceptors (Lipinski definition) is 4. The maximum atomic E-state index is 5.85. The summed E-state index contributed by atoms with van der Waals surface area (Å²) in [7, 11) is 0. The van der Waals surface area contributed by atoms with Crippen LogP contribution in [0.2, 0.25) is 0 Å². The molecule has 130 valence electrons. The van der Waals surface area contributed by atoms with Crippen molar-refractivity contribution in [3.8, 4) is 5.75 Å². The first-order chi connectivity index (χ1) is 12.4. The molecule has 0 saturated carbocycles. The lowest BCUT2D eigenvalue weighted by Crippen LogP contribution is -2.29. The van der Waals surface area contributed by atoms with Gasteiger partial charge in [0.15, 0.2) is 0 Å². The van der Waals surface area contributed by atoms with Crippen LogP contribution in [0.3, 0.4) is 0 Å². The summed E-state index contributed by atoms with van der Waals surface area (Å²) in [4.78, 5) is 4.30. The van der Waals surface area contributed by atoms with Crippen LogP contribution in [0.5, 0.6) is 5.75 Å². The van der Waals surface area contributed by atoms with Gasteiger partial charge in [0.2, 0.25) is 0 Å². The van der Waals surface area contributed by atoms with Crippen LogP contribution in [0.25, 0.3) is 0 Å². The molecule has 3 unspecified atom stereocenters. The summed E-state index contributed by atoms with van der Waals surface area (Å²) >= 11 is 0. The Morgan fingerprint density at radius 3 is 3.04 bits per heavy atom. The summed E-state index contributed by atoms with van der Waals surface area (Å²) in [5, 5.41) is 3.73. The molecule has 1 aliphatic carbocycles. The van der Waals surface area contributed by atoms with Crippen molar-refractivity contribution < 1.29 is 9.47 Å². The van der Waals surface area contributed by atoms with Gasteiger partial charge < -0.3 is 14.8 Å². The number of allylic oxidation sites excluding steroid dienone is 2. The molecule has 0 spiro atoms. The Balaban J connectivity index is 1.57. The number of nitrogens with one attached hydrogen (secondary N) is 1. The Morgan fingerprint density at radius 1 is 1.24 bits per heavy atom. The van der Waals surface area contributed by atoms with Crippen molar-refractivity contribution in [3.05, 3.63) is 66.0 Å². The molecule has 4 nitrogen and oxygen atoms in total. The van der Waals surface area contributed by atoms with E-state index in [1.165, 1.54) is 16.8 Å². The first kappa shape index (κ1) is 16.2. The second kappa shape index (κ2) is 7.28. The number of rotatable bonds is 6. The van der Waals surface area contributed by atoms with E-state index in [1.54, 1.807) is 0 Å². The third kappa shape index (κ3) is 3.27. The molecule has 4 rings (SSSR count). The van der Waals surface area contributed by atoms with E-state index in [2.05, 4.69) is 40.7 Å². The maximum absolute atomic E-state index is 5.85. The summed E-state index contributed by atoms with van der Waals surface area (Å²) in [6.07, 6.45) is 9.54. The van der Waals surface area contributed by atoms with Crippen molar-refractivity contribution in [1.82, 2.24) is 4.98 Å². The van der Waals surface area contributed by atoms with Gasteiger partial charge >= 0.3 is 0 Å². The van der Waals surface area contributed by atoms with Gasteiger partial charge in [-0.3, -0.25) is 4.98 Å². The van der Waals surface area contributed by atoms with Gasteiger partial charge in [-0.15, -0.1) is 0 Å². The summed E-state index contributed by atoms with van der Waals surface area (Å²) in [5.74, 6) is 1.87. The van der Waals surface area contributed by atoms with Crippen LogP contribution in [-0.2, 0) is 4.74 Å². The van der Waals surface area contributed by atoms with Crippen molar-refractivity contribution in [2.45, 2.75) is 25.3 Å². The second-order valence-electron chi connectivity index (χ2n) is 6.56. The van der Waals surface area contributed by atoms with Crippen LogP contribution in [0.4, 0.5) is 5.69 Å². The number of benzene rings is 1. The van der Waals surface area contributed by atoms with E-state index < -0.39 is 0 Å². The SMILES string of the molecule is CCOCCOc1ccc2c(c1)C1C=CCC1C(c1cccnc1)N2. The molecule has 2 aliphatic rings. The van der Waals surface area contributed by atoms with Gasteiger partial charge in [0.05, 0.1) is 12.6 Å². The van der Waals surface area contributed by atoms with E-state index in [0.29, 0.717) is 31.1 Å². The third-order valence-corrected chi connectivity index (χ3v) is 5.08. The molecule has 25 heavy (non-hydrogen) atoms. The first-order valence-corrected chi connectivity index (χ1v) is 9.04. The molecule has 0 radical (unpaired) electrons. The molecule has 1 N–H and O–H groups in total. The predicted molar refractivity (Wildman–Crippen MR) is 99.0 cm³/mol. The fourth-order valence-corrected chi connectivity index (χ4v) is 3.91. The Labute approximate surface area is 148 Å². The lowest BCUT2D eigenvalue weighted by molar-refractivity contribution is 0.110. The van der Waals surface area contributed by atoms with E-state index in [1.807, 2.05) is 31.5 Å². The molecule has 0 saturated heterocycles. The molecule has 1 aromatic heterocycles. The zero-order valence-electron chi connectivity index (χ0n) is 14.5. The fraction of sp³-hybridized carbons (Fsp3) is 0.381. The Hall–Kier alpha value is -2.33. The summed E-state index contributed by atoms with van der Waals surface area (Å²) in [6.45, 7) is 3.93. The zero-order chi connectivity index (χ0) is 17.1. The summed E-state index contributed by atoms with van der Waals surface area (Å²) < 4.78 is 11.2. The topological polar surface area (TPSA) is 43.4 Å². The van der Waals surface area contributed by atoms with Crippen molar-refractivity contribution in [3.63, 3.8) is 0 Å². The number of anilines is 1. The highest BCUT2D eigenvalue weighted by Gasteiger charge is 2.38. The van der Waals surface area contributed by atoms with Crippen LogP contribution in [0.1, 0.15) is 36.4 Å². The summed E-state index contributed by atoms with van der Waals surface area (Å²) in [5.41, 5.74) is 3.77. The van der Waals surface area contributed by atoms with Gasteiger partial charge in [-0.05, 0) is 54.7 Å². The molecule has 3 atom stereocenters. The second-order valence-corrected chi connectivity index (χ2v) is 6.56. The van der Waals surface area contributed by atoms with E-state index in [4.69, 9.17) is 9.47 Å². The zero-order valence-corrected chi connectivity index (χ0v) is 14.5. The number of pyridine rings is 1. The van der Waals surface area contributed by atoms with Crippen LogP contribution >= 0.6 is 0 Å². The molecule has 4 heteroatoms. The van der Waals surface area contributed by atoms with Crippen LogP contribution in [0.15, 0.2) is 54.9 Å². The van der Waals surface area contributed by atoms with Gasteiger partial charge in [0.1, 0.15) is 12.4 Å². The maximum Gasteiger partial charge on any atom is 0.119 e. The lowest BCUT2D eigenvalue weighted by atomic mass is 9.77. The quantitative estimate of drug-likeness (QED) is 0.630. The molecular formula is C21H24N2O2. The van der Waals surface area contributed by atoms with E-state index in [-0.39, 0.29) is 0 Å². The summed E-state index contributed by atoms with van der Waals surface area (Å²) in [6, 6.07) is 10.8. The normalized spacial score (nSPS) is 23.6. The van der Waals surface area contributed by atoms with Crippen molar-refractivity contribution >= 4 is 5.69 Å². The predicted octanol–water partition coefficient (Wildman–Crippen LogP) is 4.32. The largest absolute Gasteiger partial charge is 0.491 e. The number of fused-ring (bicyclic) bond motifs is 3. The molecule has 0 bridgehead atoms. The Morgan fingerprint density at radius 2 is 2.20 bits per heavy atom. The molecular weight excluding hydrogens is 312 g/mol. The molecule has 1 aromatic carbocycles. The molecule has 1 aliphatic heterocycles. The van der Waals surface area contributed by atoms with Crippen molar-refractivity contribution in [2.24, 2.45) is 5.92 Å². The molecule has 2 heterocycles. The lowest BCUT2D eigenvalue weighted by Gasteiger charge is -2.37. The van der Waals surface area contributed by atoms with Crippen LogP contribution in [0, 0.1) is 5.92 Å². The third-order valence-electron chi connectivity index (χ3n) is 5.08. The highest BCUT2D eigenvalue weighted by molar-refractivity contribution is 5.61. The van der Waals surface area contributed by atoms with Gasteiger partial charge in [-0.25, -0.2) is 0 Å².